The molecule has 1 unspecified atom stereocenters. The van der Waals surface area contributed by atoms with Crippen LogP contribution in [0.2, 0.25) is 0 Å². The van der Waals surface area contributed by atoms with Gasteiger partial charge in [0.15, 0.2) is 5.79 Å². The van der Waals surface area contributed by atoms with Gasteiger partial charge in [-0.1, -0.05) is 0 Å². The largest absolute Gasteiger partial charge is 0.465 e. The van der Waals surface area contributed by atoms with E-state index >= 15 is 0 Å². The Kier molecular flexibility index (Phi) is 2.16. The van der Waals surface area contributed by atoms with Crippen molar-refractivity contribution in [2.45, 2.75) is 51.3 Å². The van der Waals surface area contributed by atoms with Crippen molar-refractivity contribution in [1.82, 2.24) is 0 Å². The second-order valence-corrected chi connectivity index (χ2v) is 5.58. The van der Waals surface area contributed by atoms with Crippen LogP contribution in [-0.4, -0.2) is 41.8 Å². The Balaban J connectivity index is 1.82. The second-order valence-electron chi connectivity index (χ2n) is 5.58. The molecular weight excluding hydrogens is 224 g/mol. The fourth-order valence-electron chi connectivity index (χ4n) is 3.34. The number of carbonyl (C=O) groups excluding carboxylic acids is 1. The minimum absolute atomic E-state index is 0.0447. The molecule has 0 amide bonds. The van der Waals surface area contributed by atoms with Crippen molar-refractivity contribution in [2.24, 2.45) is 11.3 Å². The molecule has 2 saturated carbocycles. The molecule has 0 aromatic heterocycles. The predicted octanol–water partition coefficient (Wildman–Crippen LogP) is 0.450. The summed E-state index contributed by atoms with van der Waals surface area (Å²) in [6.45, 7) is 5.76. The third-order valence-electron chi connectivity index (χ3n) is 4.11. The van der Waals surface area contributed by atoms with Gasteiger partial charge in [-0.3, -0.25) is 4.79 Å². The average Bonchev–Trinajstić information content (AvgIpc) is 2.85. The predicted molar refractivity (Wildman–Crippen MR) is 57.0 cm³/mol. The maximum Gasteiger partial charge on any atom is 0.315 e. The third-order valence-corrected chi connectivity index (χ3v) is 4.11. The summed E-state index contributed by atoms with van der Waals surface area (Å²) in [5.74, 6) is -0.931. The molecule has 1 heterocycles. The van der Waals surface area contributed by atoms with Gasteiger partial charge in [-0.2, -0.15) is 0 Å². The van der Waals surface area contributed by atoms with Crippen LogP contribution in [0.3, 0.4) is 0 Å². The quantitative estimate of drug-likeness (QED) is 0.712. The van der Waals surface area contributed by atoms with Crippen LogP contribution in [0.25, 0.3) is 0 Å². The molecule has 3 fully saturated rings. The van der Waals surface area contributed by atoms with E-state index in [0.29, 0.717) is 13.0 Å². The third kappa shape index (κ3) is 1.33. The number of carbonyl (C=O) groups is 1. The fraction of sp³-hybridized carbons (Fsp3) is 0.917. The van der Waals surface area contributed by atoms with E-state index in [2.05, 4.69) is 0 Å². The molecule has 1 N–H and O–H groups in total. The Morgan fingerprint density at radius 2 is 2.06 bits per heavy atom. The van der Waals surface area contributed by atoms with Crippen LogP contribution in [0, 0.1) is 11.3 Å². The lowest BCUT2D eigenvalue weighted by Crippen LogP contribution is -2.39. The smallest absolute Gasteiger partial charge is 0.315 e. The van der Waals surface area contributed by atoms with Gasteiger partial charge >= 0.3 is 5.97 Å². The van der Waals surface area contributed by atoms with E-state index in [-0.39, 0.29) is 18.0 Å². The van der Waals surface area contributed by atoms with E-state index in [1.165, 1.54) is 0 Å². The van der Waals surface area contributed by atoms with E-state index in [1.807, 2.05) is 13.8 Å². The van der Waals surface area contributed by atoms with E-state index < -0.39 is 23.4 Å². The van der Waals surface area contributed by atoms with Crippen LogP contribution in [0.5, 0.6) is 0 Å². The van der Waals surface area contributed by atoms with Gasteiger partial charge in [0.2, 0.25) is 0 Å². The van der Waals surface area contributed by atoms with Gasteiger partial charge in [-0.15, -0.1) is 0 Å². The molecule has 17 heavy (non-hydrogen) atoms. The molecular formula is C12H18O5. The summed E-state index contributed by atoms with van der Waals surface area (Å²) >= 11 is 0. The molecule has 2 aliphatic carbocycles. The monoisotopic (exact) mass is 242 g/mol. The summed E-state index contributed by atoms with van der Waals surface area (Å²) in [7, 11) is 0. The molecule has 0 aromatic carbocycles. The first-order chi connectivity index (χ1) is 7.92. The molecule has 1 aliphatic heterocycles. The zero-order valence-corrected chi connectivity index (χ0v) is 10.3. The first-order valence-electron chi connectivity index (χ1n) is 6.13. The number of hydrogen-bond acceptors (Lipinski definition) is 5. The Hall–Kier alpha value is -0.650. The summed E-state index contributed by atoms with van der Waals surface area (Å²) in [5.41, 5.74) is -0.762. The lowest BCUT2D eigenvalue weighted by Gasteiger charge is -2.23. The highest BCUT2D eigenvalue weighted by molar-refractivity contribution is 5.83. The van der Waals surface area contributed by atoms with Crippen molar-refractivity contribution in [3.8, 4) is 0 Å². The van der Waals surface area contributed by atoms with Gasteiger partial charge in [0, 0.05) is 5.92 Å². The van der Waals surface area contributed by atoms with E-state index in [4.69, 9.17) is 14.2 Å². The number of fused-ring (bicyclic) bond motifs is 3. The van der Waals surface area contributed by atoms with Crippen molar-refractivity contribution >= 4 is 5.97 Å². The van der Waals surface area contributed by atoms with Crippen LogP contribution >= 0.6 is 0 Å². The number of rotatable bonds is 2. The van der Waals surface area contributed by atoms with Crippen LogP contribution in [-0.2, 0) is 19.0 Å². The molecule has 0 aromatic rings. The Morgan fingerprint density at radius 1 is 1.41 bits per heavy atom. The summed E-state index contributed by atoms with van der Waals surface area (Å²) in [6.07, 6.45) is -0.732. The van der Waals surface area contributed by atoms with Crippen LogP contribution < -0.4 is 0 Å². The highest BCUT2D eigenvalue weighted by Crippen LogP contribution is 2.67. The highest BCUT2D eigenvalue weighted by Gasteiger charge is 2.79. The van der Waals surface area contributed by atoms with Crippen molar-refractivity contribution in [3.05, 3.63) is 0 Å². The molecule has 3 aliphatic rings. The van der Waals surface area contributed by atoms with Gasteiger partial charge < -0.3 is 19.3 Å². The number of ether oxygens (including phenoxy) is 3. The lowest BCUT2D eigenvalue weighted by atomic mass is 9.99. The first kappa shape index (κ1) is 11.4. The first-order valence-corrected chi connectivity index (χ1v) is 6.13. The van der Waals surface area contributed by atoms with Gasteiger partial charge in [-0.05, 0) is 27.2 Å². The van der Waals surface area contributed by atoms with Gasteiger partial charge in [0.05, 0.1) is 18.8 Å². The Morgan fingerprint density at radius 3 is 2.65 bits per heavy atom. The summed E-state index contributed by atoms with van der Waals surface area (Å²) in [5, 5.41) is 10.3. The minimum Gasteiger partial charge on any atom is -0.465 e. The number of aliphatic hydroxyl groups is 1. The summed E-state index contributed by atoms with van der Waals surface area (Å²) in [6, 6.07) is 0. The summed E-state index contributed by atoms with van der Waals surface area (Å²) < 4.78 is 16.5. The highest BCUT2D eigenvalue weighted by atomic mass is 16.8. The molecule has 5 nitrogen and oxygen atoms in total. The molecule has 1 saturated heterocycles. The van der Waals surface area contributed by atoms with Crippen molar-refractivity contribution in [3.63, 3.8) is 0 Å². The molecule has 0 radical (unpaired) electrons. The van der Waals surface area contributed by atoms with Crippen LogP contribution in [0.15, 0.2) is 0 Å². The zero-order valence-electron chi connectivity index (χ0n) is 10.3. The zero-order chi connectivity index (χ0) is 12.4. The molecule has 3 rings (SSSR count). The molecule has 96 valence electrons. The van der Waals surface area contributed by atoms with Gasteiger partial charge in [0.25, 0.3) is 0 Å². The molecule has 5 heteroatoms. The molecule has 5 atom stereocenters. The maximum absolute atomic E-state index is 11.9. The molecule has 0 spiro atoms. The SMILES string of the molecule is CCOC(=O)[C@@]12C[C@@H]1[C@@H]1OC(C)(C)O[C@@H]1C2O. The number of aliphatic hydroxyl groups excluding tert-OH is 1. The van der Waals surface area contributed by atoms with E-state index in [1.54, 1.807) is 6.92 Å². The lowest BCUT2D eigenvalue weighted by molar-refractivity contribution is -0.179. The van der Waals surface area contributed by atoms with Gasteiger partial charge in [-0.25, -0.2) is 0 Å². The van der Waals surface area contributed by atoms with Crippen LogP contribution in [0.1, 0.15) is 27.2 Å². The summed E-state index contributed by atoms with van der Waals surface area (Å²) in [4.78, 5) is 11.9. The van der Waals surface area contributed by atoms with Gasteiger partial charge in [0.1, 0.15) is 11.5 Å². The maximum atomic E-state index is 11.9. The average molecular weight is 242 g/mol. The molecule has 0 bridgehead atoms. The van der Waals surface area contributed by atoms with Crippen molar-refractivity contribution in [1.29, 1.82) is 0 Å². The standard InChI is InChI=1S/C12H18O5/c1-4-15-10(14)12-5-6(12)7-8(9(12)13)17-11(2,3)16-7/h6-9,13H,4-5H2,1-3H3/t6-,7+,8+,9?,12+/m1/s1. The topological polar surface area (TPSA) is 65.0 Å². The van der Waals surface area contributed by atoms with E-state index in [0.717, 1.165) is 0 Å². The van der Waals surface area contributed by atoms with Crippen molar-refractivity contribution in [2.75, 3.05) is 6.61 Å². The fourth-order valence-corrected chi connectivity index (χ4v) is 3.34. The number of hydrogen-bond donors (Lipinski definition) is 1. The van der Waals surface area contributed by atoms with E-state index in [9.17, 15) is 9.90 Å². The number of esters is 1. The Bertz CT molecular complexity index is 358. The van der Waals surface area contributed by atoms with Crippen LogP contribution in [0.4, 0.5) is 0 Å². The Labute approximate surface area is 100 Å². The second kappa shape index (κ2) is 3.22. The normalized spacial score (nSPS) is 49.6. The minimum atomic E-state index is -0.807. The van der Waals surface area contributed by atoms with Crippen molar-refractivity contribution < 1.29 is 24.1 Å².